The standard InChI is InChI=1S/C22H26ClF3N4O2S/c1-29(2)16-6-3-4-9-22(16)10-11-30(13-22)15-12-14(24)21(20(26)19(15)23)33(31,32)28-18-8-5-7-17(25)27-18/h5,7-8,12,16H,3-4,6,9-11,13H2,1-2H3,(H,27,28)/t16?,22-/m0/s1. The highest BCUT2D eigenvalue weighted by atomic mass is 35.5. The van der Waals surface area contributed by atoms with Crippen LogP contribution in [0.2, 0.25) is 5.02 Å². The summed E-state index contributed by atoms with van der Waals surface area (Å²) in [5, 5.41) is -0.460. The number of hydrogen-bond donors (Lipinski definition) is 1. The van der Waals surface area contributed by atoms with Crippen LogP contribution in [0, 0.1) is 23.0 Å². The molecule has 4 rings (SSSR count). The summed E-state index contributed by atoms with van der Waals surface area (Å²) in [5.41, 5.74) is 0.127. The van der Waals surface area contributed by atoms with Gasteiger partial charge in [0.2, 0.25) is 5.95 Å². The van der Waals surface area contributed by atoms with Crippen LogP contribution < -0.4 is 9.62 Å². The van der Waals surface area contributed by atoms with E-state index >= 15 is 8.78 Å². The molecule has 33 heavy (non-hydrogen) atoms. The van der Waals surface area contributed by atoms with Crippen molar-refractivity contribution >= 4 is 33.1 Å². The van der Waals surface area contributed by atoms with Gasteiger partial charge in [0, 0.05) is 30.6 Å². The molecule has 1 saturated carbocycles. The van der Waals surface area contributed by atoms with Crippen LogP contribution in [-0.4, -0.2) is 51.5 Å². The first-order valence-corrected chi connectivity index (χ1v) is 12.6. The lowest BCUT2D eigenvalue weighted by Gasteiger charge is -2.45. The molecule has 1 unspecified atom stereocenters. The zero-order valence-electron chi connectivity index (χ0n) is 18.4. The van der Waals surface area contributed by atoms with Crippen LogP contribution >= 0.6 is 11.6 Å². The van der Waals surface area contributed by atoms with Crippen molar-refractivity contribution in [3.05, 3.63) is 46.9 Å². The molecule has 1 aliphatic heterocycles. The Hall–Kier alpha value is -2.04. The number of anilines is 2. The predicted molar refractivity (Wildman–Crippen MR) is 122 cm³/mol. The van der Waals surface area contributed by atoms with Crippen LogP contribution in [-0.2, 0) is 10.0 Å². The van der Waals surface area contributed by atoms with Gasteiger partial charge in [-0.05, 0) is 45.5 Å². The molecule has 0 bridgehead atoms. The second-order valence-corrected chi connectivity index (χ2v) is 11.0. The molecule has 180 valence electrons. The van der Waals surface area contributed by atoms with E-state index in [0.29, 0.717) is 19.1 Å². The lowest BCUT2D eigenvalue weighted by Crippen LogP contribution is -2.48. The number of halogens is 4. The van der Waals surface area contributed by atoms with Crippen molar-refractivity contribution in [3.8, 4) is 0 Å². The van der Waals surface area contributed by atoms with Crippen molar-refractivity contribution < 1.29 is 21.6 Å². The van der Waals surface area contributed by atoms with Gasteiger partial charge in [-0.25, -0.2) is 22.2 Å². The summed E-state index contributed by atoms with van der Waals surface area (Å²) in [5.74, 6) is -4.00. The molecule has 1 saturated heterocycles. The first-order chi connectivity index (χ1) is 15.5. The molecule has 2 fully saturated rings. The Kier molecular flexibility index (Phi) is 6.54. The average molecular weight is 503 g/mol. The van der Waals surface area contributed by atoms with Crippen molar-refractivity contribution in [2.45, 2.75) is 43.0 Å². The van der Waals surface area contributed by atoms with E-state index in [1.807, 2.05) is 23.7 Å². The second-order valence-electron chi connectivity index (χ2n) is 9.04. The van der Waals surface area contributed by atoms with Gasteiger partial charge in [0.25, 0.3) is 10.0 Å². The average Bonchev–Trinajstić information content (AvgIpc) is 3.14. The van der Waals surface area contributed by atoms with E-state index in [2.05, 4.69) is 9.88 Å². The van der Waals surface area contributed by atoms with Gasteiger partial charge in [-0.1, -0.05) is 30.5 Å². The minimum atomic E-state index is -4.74. The Bertz CT molecular complexity index is 1160. The Labute approximate surface area is 196 Å². The number of benzene rings is 1. The largest absolute Gasteiger partial charge is 0.370 e. The summed E-state index contributed by atoms with van der Waals surface area (Å²) >= 11 is 6.25. The monoisotopic (exact) mass is 502 g/mol. The van der Waals surface area contributed by atoms with E-state index in [0.717, 1.165) is 44.2 Å². The van der Waals surface area contributed by atoms with Crippen molar-refractivity contribution in [2.75, 3.05) is 36.8 Å². The smallest absolute Gasteiger partial charge is 0.268 e. The van der Waals surface area contributed by atoms with Gasteiger partial charge in [-0.15, -0.1) is 0 Å². The fourth-order valence-electron chi connectivity index (χ4n) is 5.37. The van der Waals surface area contributed by atoms with E-state index in [1.165, 1.54) is 12.1 Å². The maximum absolute atomic E-state index is 15.2. The molecule has 1 aliphatic carbocycles. The molecule has 2 heterocycles. The van der Waals surface area contributed by atoms with Gasteiger partial charge in [-0.3, -0.25) is 4.72 Å². The van der Waals surface area contributed by atoms with Gasteiger partial charge in [0.05, 0.1) is 5.69 Å². The van der Waals surface area contributed by atoms with Crippen LogP contribution in [0.3, 0.4) is 0 Å². The summed E-state index contributed by atoms with van der Waals surface area (Å²) in [6.45, 7) is 1.16. The molecule has 2 aliphatic rings. The van der Waals surface area contributed by atoms with E-state index in [-0.39, 0.29) is 11.1 Å². The van der Waals surface area contributed by atoms with Crippen LogP contribution in [0.4, 0.5) is 24.7 Å². The molecule has 11 heteroatoms. The molecular weight excluding hydrogens is 477 g/mol. The highest BCUT2D eigenvalue weighted by Crippen LogP contribution is 2.48. The molecule has 1 aromatic heterocycles. The Balaban J connectivity index is 1.65. The quantitative estimate of drug-likeness (QED) is 0.476. The summed E-state index contributed by atoms with van der Waals surface area (Å²) in [6.07, 6.45) is 5.20. The van der Waals surface area contributed by atoms with Crippen LogP contribution in [0.25, 0.3) is 0 Å². The predicted octanol–water partition coefficient (Wildman–Crippen LogP) is 4.65. The maximum Gasteiger partial charge on any atom is 0.268 e. The molecule has 2 atom stereocenters. The molecule has 2 aromatic rings. The third-order valence-corrected chi connectivity index (χ3v) is 8.53. The van der Waals surface area contributed by atoms with Crippen molar-refractivity contribution in [3.63, 3.8) is 0 Å². The van der Waals surface area contributed by atoms with Gasteiger partial charge < -0.3 is 9.80 Å². The fourth-order valence-corrected chi connectivity index (χ4v) is 6.84. The van der Waals surface area contributed by atoms with Gasteiger partial charge in [0.15, 0.2) is 10.7 Å². The summed E-state index contributed by atoms with van der Waals surface area (Å²) in [6, 6.07) is 4.72. The van der Waals surface area contributed by atoms with Gasteiger partial charge >= 0.3 is 0 Å². The minimum absolute atomic E-state index is 0.00656. The van der Waals surface area contributed by atoms with Crippen LogP contribution in [0.5, 0.6) is 0 Å². The number of sulfonamides is 1. The molecule has 0 amide bonds. The Morgan fingerprint density at radius 2 is 1.97 bits per heavy atom. The third-order valence-electron chi connectivity index (χ3n) is 6.78. The lowest BCUT2D eigenvalue weighted by atomic mass is 9.69. The highest BCUT2D eigenvalue weighted by molar-refractivity contribution is 7.92. The van der Waals surface area contributed by atoms with E-state index in [9.17, 15) is 12.8 Å². The number of aromatic nitrogens is 1. The number of nitrogens with zero attached hydrogens (tertiary/aromatic N) is 3. The van der Waals surface area contributed by atoms with Crippen molar-refractivity contribution in [1.82, 2.24) is 9.88 Å². The number of nitrogens with one attached hydrogen (secondary N) is 1. The Morgan fingerprint density at radius 1 is 1.21 bits per heavy atom. The van der Waals surface area contributed by atoms with Crippen LogP contribution in [0.15, 0.2) is 29.2 Å². The summed E-state index contributed by atoms with van der Waals surface area (Å²) in [4.78, 5) is 6.20. The highest BCUT2D eigenvalue weighted by Gasteiger charge is 2.47. The summed E-state index contributed by atoms with van der Waals surface area (Å²) in [7, 11) is -0.643. The molecule has 1 N–H and O–H groups in total. The first kappa shape index (κ1) is 24.1. The van der Waals surface area contributed by atoms with Gasteiger partial charge in [0.1, 0.15) is 16.7 Å². The zero-order valence-corrected chi connectivity index (χ0v) is 20.0. The zero-order chi connectivity index (χ0) is 24.0. The molecular formula is C22H26ClF3N4O2S. The molecule has 0 radical (unpaired) electrons. The topological polar surface area (TPSA) is 65.5 Å². The number of pyridine rings is 1. The maximum atomic E-state index is 15.2. The lowest BCUT2D eigenvalue weighted by molar-refractivity contribution is 0.0724. The first-order valence-electron chi connectivity index (χ1n) is 10.8. The summed E-state index contributed by atoms with van der Waals surface area (Å²) < 4.78 is 70.7. The van der Waals surface area contributed by atoms with Crippen LogP contribution in [0.1, 0.15) is 32.1 Å². The fraction of sp³-hybridized carbons (Fsp3) is 0.500. The third kappa shape index (κ3) is 4.52. The van der Waals surface area contributed by atoms with Gasteiger partial charge in [-0.2, -0.15) is 4.39 Å². The molecule has 6 nitrogen and oxygen atoms in total. The number of rotatable bonds is 5. The van der Waals surface area contributed by atoms with E-state index in [1.54, 1.807) is 0 Å². The second kappa shape index (κ2) is 8.96. The Morgan fingerprint density at radius 3 is 2.67 bits per heavy atom. The van der Waals surface area contributed by atoms with E-state index in [4.69, 9.17) is 11.6 Å². The normalized spacial score (nSPS) is 23.5. The minimum Gasteiger partial charge on any atom is -0.370 e. The molecule has 1 spiro atoms. The van der Waals surface area contributed by atoms with Crippen molar-refractivity contribution in [1.29, 1.82) is 0 Å². The number of hydrogen-bond acceptors (Lipinski definition) is 5. The molecule has 1 aromatic carbocycles. The van der Waals surface area contributed by atoms with Crippen molar-refractivity contribution in [2.24, 2.45) is 5.41 Å². The SMILES string of the molecule is CN(C)C1CCCC[C@@]12CCN(c1cc(F)c(S(=O)(=O)Nc3cccc(F)n3)c(F)c1Cl)C2. The van der Waals surface area contributed by atoms with E-state index < -0.39 is 43.3 Å².